The first-order valence-electron chi connectivity index (χ1n) is 8.37. The fourth-order valence-electron chi connectivity index (χ4n) is 2.86. The van der Waals surface area contributed by atoms with E-state index < -0.39 is 39.1 Å². The van der Waals surface area contributed by atoms with E-state index >= 15 is 0 Å². The predicted molar refractivity (Wildman–Crippen MR) is 93.8 cm³/mol. The van der Waals surface area contributed by atoms with E-state index in [1.807, 2.05) is 0 Å². The van der Waals surface area contributed by atoms with Crippen LogP contribution in [-0.4, -0.2) is 31.7 Å². The van der Waals surface area contributed by atoms with E-state index in [4.69, 9.17) is 0 Å². The van der Waals surface area contributed by atoms with Crippen LogP contribution in [0, 0.1) is 5.82 Å². The van der Waals surface area contributed by atoms with E-state index in [0.29, 0.717) is 13.1 Å². The minimum Gasteiger partial charge on any atom is -0.322 e. The van der Waals surface area contributed by atoms with Gasteiger partial charge in [-0.1, -0.05) is 0 Å². The fourth-order valence-corrected chi connectivity index (χ4v) is 4.40. The number of anilines is 1. The van der Waals surface area contributed by atoms with Crippen LogP contribution in [0.2, 0.25) is 0 Å². The predicted octanol–water partition coefficient (Wildman–Crippen LogP) is 3.88. The molecule has 1 aliphatic heterocycles. The Balaban J connectivity index is 1.84. The van der Waals surface area contributed by atoms with Crippen molar-refractivity contribution >= 4 is 21.6 Å². The van der Waals surface area contributed by atoms with E-state index in [1.54, 1.807) is 0 Å². The van der Waals surface area contributed by atoms with E-state index in [9.17, 15) is 30.8 Å². The van der Waals surface area contributed by atoms with Crippen LogP contribution >= 0.6 is 0 Å². The summed E-state index contributed by atoms with van der Waals surface area (Å²) < 4.78 is 78.3. The fraction of sp³-hybridized carbons (Fsp3) is 0.278. The Morgan fingerprint density at radius 3 is 2.18 bits per heavy atom. The number of carbonyl (C=O) groups is 1. The second-order valence-corrected chi connectivity index (χ2v) is 8.22. The smallest absolute Gasteiger partial charge is 0.322 e. The first-order valence-corrected chi connectivity index (χ1v) is 9.81. The van der Waals surface area contributed by atoms with Crippen molar-refractivity contribution in [1.29, 1.82) is 0 Å². The minimum atomic E-state index is -4.52. The van der Waals surface area contributed by atoms with Gasteiger partial charge in [-0.25, -0.2) is 12.8 Å². The first kappa shape index (κ1) is 20.3. The van der Waals surface area contributed by atoms with Gasteiger partial charge in [0.25, 0.3) is 5.91 Å². The molecule has 3 rings (SSSR count). The average molecular weight is 416 g/mol. The van der Waals surface area contributed by atoms with Crippen LogP contribution in [-0.2, 0) is 16.2 Å². The summed E-state index contributed by atoms with van der Waals surface area (Å²) in [5, 5.41) is 2.27. The number of amides is 1. The van der Waals surface area contributed by atoms with E-state index in [1.165, 1.54) is 4.31 Å². The van der Waals surface area contributed by atoms with Crippen molar-refractivity contribution in [3.8, 4) is 0 Å². The molecule has 28 heavy (non-hydrogen) atoms. The molecule has 0 unspecified atom stereocenters. The van der Waals surface area contributed by atoms with Crippen LogP contribution in [0.25, 0.3) is 0 Å². The molecule has 2 aromatic carbocycles. The number of sulfonamides is 1. The standard InChI is InChI=1S/C18H16F4N2O3S/c19-16-8-7-14(28(26,27)24-9-1-2-10-24)11-15(16)17(25)23-13-5-3-12(4-6-13)18(20,21)22/h3-8,11H,1-2,9-10H2,(H,23,25). The molecule has 2 aromatic rings. The summed E-state index contributed by atoms with van der Waals surface area (Å²) in [7, 11) is -3.84. The molecule has 150 valence electrons. The highest BCUT2D eigenvalue weighted by Gasteiger charge is 2.30. The molecule has 1 fully saturated rings. The van der Waals surface area contributed by atoms with Crippen LogP contribution in [0.3, 0.4) is 0 Å². The molecule has 1 N–H and O–H groups in total. The highest BCUT2D eigenvalue weighted by atomic mass is 32.2. The van der Waals surface area contributed by atoms with Crippen LogP contribution in [0.4, 0.5) is 23.2 Å². The molecular formula is C18H16F4N2O3S. The van der Waals surface area contributed by atoms with Crippen molar-refractivity contribution in [3.05, 3.63) is 59.4 Å². The third kappa shape index (κ3) is 4.17. The van der Waals surface area contributed by atoms with Crippen LogP contribution < -0.4 is 5.32 Å². The maximum Gasteiger partial charge on any atom is 0.416 e. The summed E-state index contributed by atoms with van der Waals surface area (Å²) in [5.41, 5.74) is -1.39. The molecule has 0 saturated carbocycles. The molecule has 0 atom stereocenters. The Bertz CT molecular complexity index is 983. The van der Waals surface area contributed by atoms with Gasteiger partial charge in [-0.15, -0.1) is 0 Å². The highest BCUT2D eigenvalue weighted by molar-refractivity contribution is 7.89. The topological polar surface area (TPSA) is 66.5 Å². The molecule has 0 aromatic heterocycles. The summed E-state index contributed by atoms with van der Waals surface area (Å²) in [5.74, 6) is -1.90. The Labute approximate surface area is 159 Å². The van der Waals surface area contributed by atoms with Gasteiger partial charge in [0.1, 0.15) is 5.82 Å². The molecule has 1 aliphatic rings. The van der Waals surface area contributed by atoms with Gasteiger partial charge in [0, 0.05) is 18.8 Å². The number of hydrogen-bond donors (Lipinski definition) is 1. The van der Waals surface area contributed by atoms with Gasteiger partial charge in [-0.2, -0.15) is 17.5 Å². The zero-order chi connectivity index (χ0) is 20.5. The van der Waals surface area contributed by atoms with Gasteiger partial charge in [-0.3, -0.25) is 4.79 Å². The number of benzene rings is 2. The molecule has 0 aliphatic carbocycles. The van der Waals surface area contributed by atoms with Crippen molar-refractivity contribution in [2.24, 2.45) is 0 Å². The summed E-state index contributed by atoms with van der Waals surface area (Å²) in [6.45, 7) is 0.708. The number of halogens is 4. The maximum absolute atomic E-state index is 14.1. The third-order valence-electron chi connectivity index (χ3n) is 4.36. The number of rotatable bonds is 4. The molecule has 1 amide bonds. The maximum atomic E-state index is 14.1. The first-order chi connectivity index (χ1) is 13.1. The van der Waals surface area contributed by atoms with Gasteiger partial charge in [0.2, 0.25) is 10.0 Å². The summed E-state index contributed by atoms with van der Waals surface area (Å²) in [6, 6.07) is 6.51. The molecule has 1 saturated heterocycles. The number of alkyl halides is 3. The minimum absolute atomic E-state index is 0.0187. The SMILES string of the molecule is O=C(Nc1ccc(C(F)(F)F)cc1)c1cc(S(=O)(=O)N2CCCC2)ccc1F. The summed E-state index contributed by atoms with van der Waals surface area (Å²) >= 11 is 0. The van der Waals surface area contributed by atoms with Crippen molar-refractivity contribution in [1.82, 2.24) is 4.31 Å². The number of nitrogens with one attached hydrogen (secondary N) is 1. The Morgan fingerprint density at radius 2 is 1.61 bits per heavy atom. The van der Waals surface area contributed by atoms with E-state index in [0.717, 1.165) is 55.3 Å². The molecular weight excluding hydrogens is 400 g/mol. The lowest BCUT2D eigenvalue weighted by atomic mass is 10.1. The van der Waals surface area contributed by atoms with Crippen molar-refractivity contribution < 1.29 is 30.8 Å². The molecule has 0 spiro atoms. The largest absolute Gasteiger partial charge is 0.416 e. The second kappa shape index (κ2) is 7.51. The quantitative estimate of drug-likeness (QED) is 0.770. The number of hydrogen-bond acceptors (Lipinski definition) is 3. The van der Waals surface area contributed by atoms with Gasteiger partial charge in [0.15, 0.2) is 0 Å². The summed E-state index contributed by atoms with van der Waals surface area (Å²) in [6.07, 6.45) is -3.07. The normalized spacial score (nSPS) is 15.6. The van der Waals surface area contributed by atoms with Crippen molar-refractivity contribution in [2.45, 2.75) is 23.9 Å². The van der Waals surface area contributed by atoms with Crippen LogP contribution in [0.1, 0.15) is 28.8 Å². The monoisotopic (exact) mass is 416 g/mol. The molecule has 10 heteroatoms. The van der Waals surface area contributed by atoms with Gasteiger partial charge in [0.05, 0.1) is 16.0 Å². The van der Waals surface area contributed by atoms with Gasteiger partial charge >= 0.3 is 6.18 Å². The third-order valence-corrected chi connectivity index (χ3v) is 6.25. The zero-order valence-electron chi connectivity index (χ0n) is 14.5. The lowest BCUT2D eigenvalue weighted by Crippen LogP contribution is -2.28. The summed E-state index contributed by atoms with van der Waals surface area (Å²) in [4.78, 5) is 12.1. The van der Waals surface area contributed by atoms with Gasteiger partial charge < -0.3 is 5.32 Å². The molecule has 0 bridgehead atoms. The Kier molecular flexibility index (Phi) is 5.44. The van der Waals surface area contributed by atoms with Crippen LogP contribution in [0.5, 0.6) is 0 Å². The van der Waals surface area contributed by atoms with Crippen LogP contribution in [0.15, 0.2) is 47.4 Å². The second-order valence-electron chi connectivity index (χ2n) is 6.28. The van der Waals surface area contributed by atoms with Gasteiger partial charge in [-0.05, 0) is 55.3 Å². The Hall–Kier alpha value is -2.46. The molecule has 1 heterocycles. The number of carbonyl (C=O) groups excluding carboxylic acids is 1. The van der Waals surface area contributed by atoms with Crippen molar-refractivity contribution in [2.75, 3.05) is 18.4 Å². The van der Waals surface area contributed by atoms with E-state index in [2.05, 4.69) is 5.32 Å². The zero-order valence-corrected chi connectivity index (χ0v) is 15.3. The highest BCUT2D eigenvalue weighted by Crippen LogP contribution is 2.30. The molecule has 5 nitrogen and oxygen atoms in total. The lowest BCUT2D eigenvalue weighted by molar-refractivity contribution is -0.137. The van der Waals surface area contributed by atoms with Crippen molar-refractivity contribution in [3.63, 3.8) is 0 Å². The Morgan fingerprint density at radius 1 is 1.00 bits per heavy atom. The average Bonchev–Trinajstić information content (AvgIpc) is 3.17. The number of nitrogens with zero attached hydrogens (tertiary/aromatic N) is 1. The van der Waals surface area contributed by atoms with E-state index in [-0.39, 0.29) is 10.6 Å². The molecule has 0 radical (unpaired) electrons. The lowest BCUT2D eigenvalue weighted by Gasteiger charge is -2.16.